The van der Waals surface area contributed by atoms with Crippen molar-refractivity contribution in [1.29, 1.82) is 0 Å². The van der Waals surface area contributed by atoms with E-state index in [-0.39, 0.29) is 31.1 Å². The fourth-order valence-electron chi connectivity index (χ4n) is 9.75. The predicted molar refractivity (Wildman–Crippen MR) is 316 cm³/mol. The molecule has 1 unspecified atom stereocenters. The molecule has 0 aromatic heterocycles. The first kappa shape index (κ1) is 70.6. The van der Waals surface area contributed by atoms with E-state index in [1.54, 1.807) is 0 Å². The second-order valence-electron chi connectivity index (χ2n) is 22.0. The number of rotatable bonds is 60. The lowest BCUT2D eigenvalue weighted by molar-refractivity contribution is -0.167. The molecule has 0 aliphatic heterocycles. The van der Waals surface area contributed by atoms with Crippen LogP contribution in [-0.4, -0.2) is 37.2 Å². The van der Waals surface area contributed by atoms with Crippen molar-refractivity contribution in [2.75, 3.05) is 13.2 Å². The molecule has 428 valence electrons. The first-order valence-corrected chi connectivity index (χ1v) is 32.5. The average molecular weight is 1030 g/mol. The molecule has 0 amide bonds. The van der Waals surface area contributed by atoms with Gasteiger partial charge in [-0.05, 0) is 57.8 Å². The molecule has 1 atom stereocenters. The van der Waals surface area contributed by atoms with Gasteiger partial charge >= 0.3 is 17.9 Å². The number of ether oxygens (including phenoxy) is 3. The SMILES string of the molecule is CCCCCCC/C=C\C/C=C\C/C=C\CCCCCCCCC(=O)OC(COC(=O)CCCCCCCC)COC(=O)CCCCCCCCCCCCCCCCCCCCCCCCCCCCCC. The Labute approximate surface area is 455 Å². The summed E-state index contributed by atoms with van der Waals surface area (Å²) in [6.07, 6.45) is 76.3. The third kappa shape index (κ3) is 60.4. The van der Waals surface area contributed by atoms with Gasteiger partial charge in [0.2, 0.25) is 0 Å². The molecule has 0 saturated carbocycles. The van der Waals surface area contributed by atoms with E-state index >= 15 is 0 Å². The van der Waals surface area contributed by atoms with Crippen LogP contribution in [0.25, 0.3) is 0 Å². The lowest BCUT2D eigenvalue weighted by atomic mass is 10.0. The first-order valence-electron chi connectivity index (χ1n) is 32.5. The second kappa shape index (κ2) is 62.2. The zero-order valence-corrected chi connectivity index (χ0v) is 49.2. The summed E-state index contributed by atoms with van der Waals surface area (Å²) in [5.74, 6) is -0.876. The first-order chi connectivity index (χ1) is 36.0. The normalized spacial score (nSPS) is 12.2. The molecule has 0 N–H and O–H groups in total. The van der Waals surface area contributed by atoms with Crippen molar-refractivity contribution in [3.63, 3.8) is 0 Å². The number of carbonyl (C=O) groups excluding carboxylic acids is 3. The minimum Gasteiger partial charge on any atom is -0.462 e. The molecule has 6 heteroatoms. The van der Waals surface area contributed by atoms with Crippen LogP contribution in [0.2, 0.25) is 0 Å². The number of esters is 3. The molecule has 73 heavy (non-hydrogen) atoms. The van der Waals surface area contributed by atoms with Crippen LogP contribution in [0.1, 0.15) is 355 Å². The molecule has 0 aromatic carbocycles. The van der Waals surface area contributed by atoms with Gasteiger partial charge in [0.15, 0.2) is 6.10 Å². The topological polar surface area (TPSA) is 78.9 Å². The summed E-state index contributed by atoms with van der Waals surface area (Å²) in [6.45, 7) is 6.61. The van der Waals surface area contributed by atoms with Crippen molar-refractivity contribution in [3.8, 4) is 0 Å². The summed E-state index contributed by atoms with van der Waals surface area (Å²) in [4.78, 5) is 38.0. The minimum atomic E-state index is -0.774. The van der Waals surface area contributed by atoms with E-state index in [1.165, 1.54) is 238 Å². The number of allylic oxidation sites excluding steroid dienone is 6. The number of hydrogen-bond acceptors (Lipinski definition) is 6. The lowest BCUT2D eigenvalue weighted by Crippen LogP contribution is -2.30. The van der Waals surface area contributed by atoms with E-state index in [0.29, 0.717) is 19.3 Å². The van der Waals surface area contributed by atoms with E-state index in [0.717, 1.165) is 77.0 Å². The Morgan fingerprint density at radius 1 is 0.274 bits per heavy atom. The Bertz CT molecular complexity index is 1220. The molecule has 0 aliphatic carbocycles. The van der Waals surface area contributed by atoms with Crippen molar-refractivity contribution in [2.45, 2.75) is 361 Å². The molecule has 0 fully saturated rings. The fourth-order valence-corrected chi connectivity index (χ4v) is 9.75. The van der Waals surface area contributed by atoms with E-state index in [1.807, 2.05) is 0 Å². The molecule has 6 nitrogen and oxygen atoms in total. The number of hydrogen-bond donors (Lipinski definition) is 0. The highest BCUT2D eigenvalue weighted by molar-refractivity contribution is 5.71. The number of carbonyl (C=O) groups is 3. The van der Waals surface area contributed by atoms with Gasteiger partial charge in [-0.3, -0.25) is 14.4 Å². The quantitative estimate of drug-likeness (QED) is 0.0261. The third-order valence-electron chi connectivity index (χ3n) is 14.6. The van der Waals surface area contributed by atoms with Gasteiger partial charge in [0.1, 0.15) is 13.2 Å². The van der Waals surface area contributed by atoms with Crippen molar-refractivity contribution >= 4 is 17.9 Å². The van der Waals surface area contributed by atoms with Gasteiger partial charge in [-0.15, -0.1) is 0 Å². The molecule has 0 saturated heterocycles. The van der Waals surface area contributed by atoms with Crippen molar-refractivity contribution in [3.05, 3.63) is 36.5 Å². The average Bonchev–Trinajstić information content (AvgIpc) is 3.39. The van der Waals surface area contributed by atoms with Crippen LogP contribution in [0, 0.1) is 0 Å². The summed E-state index contributed by atoms with van der Waals surface area (Å²) < 4.78 is 16.8. The predicted octanol–water partition coefficient (Wildman–Crippen LogP) is 22.0. The zero-order chi connectivity index (χ0) is 52.9. The monoisotopic (exact) mass is 1020 g/mol. The summed E-state index contributed by atoms with van der Waals surface area (Å²) in [5, 5.41) is 0. The largest absolute Gasteiger partial charge is 0.462 e. The maximum absolute atomic E-state index is 12.8. The van der Waals surface area contributed by atoms with Gasteiger partial charge in [0.25, 0.3) is 0 Å². The van der Waals surface area contributed by atoms with Crippen molar-refractivity contribution < 1.29 is 28.6 Å². The van der Waals surface area contributed by atoms with Gasteiger partial charge in [-0.1, -0.05) is 314 Å². The Morgan fingerprint density at radius 2 is 0.493 bits per heavy atom. The highest BCUT2D eigenvalue weighted by Gasteiger charge is 2.19. The van der Waals surface area contributed by atoms with Crippen LogP contribution in [0.4, 0.5) is 0 Å². The summed E-state index contributed by atoms with van der Waals surface area (Å²) in [5.41, 5.74) is 0. The Morgan fingerprint density at radius 3 is 0.767 bits per heavy atom. The van der Waals surface area contributed by atoms with Gasteiger partial charge in [0, 0.05) is 19.3 Å². The molecule has 0 aromatic rings. The molecule has 0 rings (SSSR count). The Kier molecular flexibility index (Phi) is 60.2. The molecule has 0 radical (unpaired) electrons. The smallest absolute Gasteiger partial charge is 0.306 e. The highest BCUT2D eigenvalue weighted by Crippen LogP contribution is 2.18. The summed E-state index contributed by atoms with van der Waals surface area (Å²) in [6, 6.07) is 0. The lowest BCUT2D eigenvalue weighted by Gasteiger charge is -2.18. The Balaban J connectivity index is 4.03. The summed E-state index contributed by atoms with van der Waals surface area (Å²) in [7, 11) is 0. The van der Waals surface area contributed by atoms with Crippen LogP contribution in [-0.2, 0) is 28.6 Å². The molecular formula is C67H124O6. The molecule has 0 heterocycles. The summed E-state index contributed by atoms with van der Waals surface area (Å²) >= 11 is 0. The molecule has 0 spiro atoms. The van der Waals surface area contributed by atoms with Gasteiger partial charge in [-0.2, -0.15) is 0 Å². The third-order valence-corrected chi connectivity index (χ3v) is 14.6. The van der Waals surface area contributed by atoms with E-state index in [9.17, 15) is 14.4 Å². The maximum Gasteiger partial charge on any atom is 0.306 e. The van der Waals surface area contributed by atoms with E-state index in [4.69, 9.17) is 14.2 Å². The van der Waals surface area contributed by atoms with Crippen LogP contribution < -0.4 is 0 Å². The standard InChI is InChI=1S/C67H124O6/c1-4-7-10-13-16-18-20-22-24-26-28-30-31-32-33-34-35-36-38-39-41-43-45-47-49-51-54-57-60-66(69)72-63-64(62-71-65(68)59-56-53-15-12-9-6-3)73-67(70)61-58-55-52-50-48-46-44-42-40-37-29-27-25-23-21-19-17-14-11-8-5-2/h21,23,27,29,40,42,64H,4-20,22,24-26,28,30-39,41,43-63H2,1-3H3/b23-21-,29-27-,42-40-. The molecule has 0 bridgehead atoms. The molecular weight excluding hydrogens is 901 g/mol. The second-order valence-corrected chi connectivity index (χ2v) is 22.0. The van der Waals surface area contributed by atoms with Gasteiger partial charge in [-0.25, -0.2) is 0 Å². The van der Waals surface area contributed by atoms with E-state index in [2.05, 4.69) is 57.2 Å². The van der Waals surface area contributed by atoms with Gasteiger partial charge < -0.3 is 14.2 Å². The highest BCUT2D eigenvalue weighted by atomic mass is 16.6. The fraction of sp³-hybridized carbons (Fsp3) is 0.866. The minimum absolute atomic E-state index is 0.0736. The van der Waals surface area contributed by atoms with Crippen molar-refractivity contribution in [2.24, 2.45) is 0 Å². The zero-order valence-electron chi connectivity index (χ0n) is 49.2. The van der Waals surface area contributed by atoms with Crippen molar-refractivity contribution in [1.82, 2.24) is 0 Å². The van der Waals surface area contributed by atoms with E-state index < -0.39 is 6.10 Å². The maximum atomic E-state index is 12.8. The number of unbranched alkanes of at least 4 members (excludes halogenated alkanes) is 43. The molecule has 0 aliphatic rings. The van der Waals surface area contributed by atoms with Crippen LogP contribution in [0.3, 0.4) is 0 Å². The van der Waals surface area contributed by atoms with Crippen LogP contribution >= 0.6 is 0 Å². The Hall–Kier alpha value is -2.37. The van der Waals surface area contributed by atoms with Gasteiger partial charge in [0.05, 0.1) is 0 Å². The van der Waals surface area contributed by atoms with Crippen LogP contribution in [0.5, 0.6) is 0 Å². The van der Waals surface area contributed by atoms with Crippen LogP contribution in [0.15, 0.2) is 36.5 Å².